The molecule has 3 nitrogen and oxygen atoms in total. The maximum Gasteiger partial charge on any atom is 0.261 e. The fraction of sp³-hybridized carbons (Fsp3) is 0.350. The van der Waals surface area contributed by atoms with E-state index < -0.39 is 11.9 Å². The Morgan fingerprint density at radius 1 is 1.12 bits per heavy atom. The fourth-order valence-corrected chi connectivity index (χ4v) is 2.45. The van der Waals surface area contributed by atoms with E-state index in [0.717, 1.165) is 12.8 Å². The van der Waals surface area contributed by atoms with Gasteiger partial charge in [-0.25, -0.2) is 4.39 Å². The maximum absolute atomic E-state index is 13.7. The lowest BCUT2D eigenvalue weighted by molar-refractivity contribution is -0.128. The van der Waals surface area contributed by atoms with Gasteiger partial charge in [0.1, 0.15) is 0 Å². The minimum atomic E-state index is -0.693. The Morgan fingerprint density at radius 3 is 2.46 bits per heavy atom. The summed E-state index contributed by atoms with van der Waals surface area (Å²) in [6, 6.07) is 16.3. The molecule has 128 valence electrons. The number of carbonyl (C=O) groups excluding carboxylic acids is 1. The molecule has 0 unspecified atom stereocenters. The van der Waals surface area contributed by atoms with Crippen LogP contribution in [0.15, 0.2) is 54.6 Å². The Bertz CT molecular complexity index is 645. The van der Waals surface area contributed by atoms with Crippen LogP contribution in [-0.4, -0.2) is 18.1 Å². The number of nitrogens with one attached hydrogen (secondary N) is 1. The lowest BCUT2D eigenvalue weighted by Gasteiger charge is -2.20. The van der Waals surface area contributed by atoms with Gasteiger partial charge in [-0.1, -0.05) is 49.4 Å². The van der Waals surface area contributed by atoms with Crippen molar-refractivity contribution in [2.24, 2.45) is 0 Å². The Hall–Kier alpha value is -2.36. The van der Waals surface area contributed by atoms with Crippen molar-refractivity contribution in [1.29, 1.82) is 0 Å². The third kappa shape index (κ3) is 5.37. The van der Waals surface area contributed by atoms with E-state index in [1.165, 1.54) is 17.7 Å². The molecular weight excluding hydrogens is 305 g/mol. The number of para-hydroxylation sites is 1. The van der Waals surface area contributed by atoms with Gasteiger partial charge in [0, 0.05) is 6.04 Å². The zero-order valence-corrected chi connectivity index (χ0v) is 14.2. The largest absolute Gasteiger partial charge is 0.478 e. The topological polar surface area (TPSA) is 38.3 Å². The van der Waals surface area contributed by atoms with E-state index >= 15 is 0 Å². The number of halogens is 1. The summed E-state index contributed by atoms with van der Waals surface area (Å²) in [7, 11) is 0. The van der Waals surface area contributed by atoms with E-state index in [1.54, 1.807) is 12.1 Å². The summed E-state index contributed by atoms with van der Waals surface area (Å²) >= 11 is 0. The molecule has 2 aromatic rings. The molecule has 0 heterocycles. The third-order valence-corrected chi connectivity index (χ3v) is 3.87. The zero-order valence-electron chi connectivity index (χ0n) is 14.2. The van der Waals surface area contributed by atoms with Crippen LogP contribution in [0.4, 0.5) is 4.39 Å². The molecule has 4 heteroatoms. The first-order chi connectivity index (χ1) is 11.6. The SMILES string of the molecule is CC[C@@H](Oc1ccccc1F)C(=O)N[C@H](C)CCc1ccccc1. The normalized spacial score (nSPS) is 13.1. The number of amides is 1. The molecule has 0 aliphatic rings. The van der Waals surface area contributed by atoms with Crippen molar-refractivity contribution < 1.29 is 13.9 Å². The lowest BCUT2D eigenvalue weighted by atomic mass is 10.1. The van der Waals surface area contributed by atoms with Crippen LogP contribution in [0.25, 0.3) is 0 Å². The van der Waals surface area contributed by atoms with E-state index in [9.17, 15) is 9.18 Å². The summed E-state index contributed by atoms with van der Waals surface area (Å²) in [5.41, 5.74) is 1.24. The van der Waals surface area contributed by atoms with Crippen LogP contribution < -0.4 is 10.1 Å². The molecule has 0 aliphatic carbocycles. The van der Waals surface area contributed by atoms with Crippen LogP contribution in [0.1, 0.15) is 32.3 Å². The van der Waals surface area contributed by atoms with E-state index in [-0.39, 0.29) is 17.7 Å². The van der Waals surface area contributed by atoms with Crippen molar-refractivity contribution >= 4 is 5.91 Å². The Morgan fingerprint density at radius 2 is 1.79 bits per heavy atom. The molecule has 1 amide bonds. The van der Waals surface area contributed by atoms with Crippen LogP contribution in [0.2, 0.25) is 0 Å². The van der Waals surface area contributed by atoms with Gasteiger partial charge in [-0.15, -0.1) is 0 Å². The van der Waals surface area contributed by atoms with Crippen molar-refractivity contribution in [1.82, 2.24) is 5.32 Å². The Kier molecular flexibility index (Phi) is 6.79. The number of aryl methyl sites for hydroxylation is 1. The first kappa shape index (κ1) is 18.0. The molecule has 2 rings (SSSR count). The molecule has 0 aliphatic heterocycles. The average Bonchev–Trinajstić information content (AvgIpc) is 2.60. The van der Waals surface area contributed by atoms with Crippen molar-refractivity contribution in [3.8, 4) is 5.75 Å². The van der Waals surface area contributed by atoms with Crippen molar-refractivity contribution in [2.45, 2.75) is 45.3 Å². The highest BCUT2D eigenvalue weighted by Crippen LogP contribution is 2.18. The second kappa shape index (κ2) is 9.06. The van der Waals surface area contributed by atoms with Crippen LogP contribution >= 0.6 is 0 Å². The molecule has 0 bridgehead atoms. The summed E-state index contributed by atoms with van der Waals surface area (Å²) in [5, 5.41) is 2.95. The highest BCUT2D eigenvalue weighted by atomic mass is 19.1. The number of benzene rings is 2. The van der Waals surface area contributed by atoms with Gasteiger partial charge in [-0.2, -0.15) is 0 Å². The second-order valence-corrected chi connectivity index (χ2v) is 5.88. The number of ether oxygens (including phenoxy) is 1. The van der Waals surface area contributed by atoms with Crippen LogP contribution in [0, 0.1) is 5.82 Å². The molecule has 0 aromatic heterocycles. The average molecular weight is 329 g/mol. The molecule has 0 saturated carbocycles. The molecule has 0 radical (unpaired) electrons. The smallest absolute Gasteiger partial charge is 0.261 e. The minimum absolute atomic E-state index is 0.0241. The summed E-state index contributed by atoms with van der Waals surface area (Å²) in [6.45, 7) is 3.82. The van der Waals surface area contributed by atoms with Gasteiger partial charge in [-0.3, -0.25) is 4.79 Å². The molecule has 1 N–H and O–H groups in total. The fourth-order valence-electron chi connectivity index (χ4n) is 2.45. The summed E-state index contributed by atoms with van der Waals surface area (Å²) < 4.78 is 19.2. The number of hydrogen-bond acceptors (Lipinski definition) is 2. The van der Waals surface area contributed by atoms with Gasteiger partial charge in [0.15, 0.2) is 17.7 Å². The predicted octanol–water partition coefficient (Wildman–Crippen LogP) is 4.12. The molecule has 24 heavy (non-hydrogen) atoms. The monoisotopic (exact) mass is 329 g/mol. The predicted molar refractivity (Wildman–Crippen MR) is 93.5 cm³/mol. The maximum atomic E-state index is 13.7. The molecule has 2 aromatic carbocycles. The number of carbonyl (C=O) groups is 1. The summed E-state index contributed by atoms with van der Waals surface area (Å²) in [5.74, 6) is -0.557. The van der Waals surface area contributed by atoms with Crippen molar-refractivity contribution in [3.63, 3.8) is 0 Å². The van der Waals surface area contributed by atoms with Gasteiger partial charge in [0.25, 0.3) is 5.91 Å². The third-order valence-electron chi connectivity index (χ3n) is 3.87. The number of rotatable bonds is 8. The van der Waals surface area contributed by atoms with E-state index in [2.05, 4.69) is 17.4 Å². The van der Waals surface area contributed by atoms with Crippen LogP contribution in [0.5, 0.6) is 5.75 Å². The zero-order chi connectivity index (χ0) is 17.4. The molecule has 0 saturated heterocycles. The van der Waals surface area contributed by atoms with E-state index in [1.807, 2.05) is 32.0 Å². The number of hydrogen-bond donors (Lipinski definition) is 1. The summed E-state index contributed by atoms with van der Waals surface area (Å²) in [6.07, 6.45) is 1.52. The van der Waals surface area contributed by atoms with Gasteiger partial charge in [0.2, 0.25) is 0 Å². The highest BCUT2D eigenvalue weighted by molar-refractivity contribution is 5.81. The summed E-state index contributed by atoms with van der Waals surface area (Å²) in [4.78, 5) is 12.4. The van der Waals surface area contributed by atoms with Crippen molar-refractivity contribution in [3.05, 3.63) is 66.0 Å². The molecule has 2 atom stereocenters. The van der Waals surface area contributed by atoms with E-state index in [4.69, 9.17) is 4.74 Å². The quantitative estimate of drug-likeness (QED) is 0.791. The van der Waals surface area contributed by atoms with E-state index in [0.29, 0.717) is 6.42 Å². The van der Waals surface area contributed by atoms with Gasteiger partial charge in [0.05, 0.1) is 0 Å². The van der Waals surface area contributed by atoms with Crippen LogP contribution in [0.3, 0.4) is 0 Å². The van der Waals surface area contributed by atoms with Gasteiger partial charge < -0.3 is 10.1 Å². The minimum Gasteiger partial charge on any atom is -0.478 e. The first-order valence-corrected chi connectivity index (χ1v) is 8.35. The molecule has 0 fully saturated rings. The Balaban J connectivity index is 1.85. The Labute approximate surface area is 142 Å². The standard InChI is InChI=1S/C20H24FNO2/c1-3-18(24-19-12-8-7-11-17(19)21)20(23)22-15(2)13-14-16-9-5-4-6-10-16/h4-12,15,18H,3,13-14H2,1-2H3,(H,22,23)/t15-,18-/m1/s1. The van der Waals surface area contributed by atoms with Crippen molar-refractivity contribution in [2.75, 3.05) is 0 Å². The highest BCUT2D eigenvalue weighted by Gasteiger charge is 2.21. The van der Waals surface area contributed by atoms with Gasteiger partial charge >= 0.3 is 0 Å². The first-order valence-electron chi connectivity index (χ1n) is 8.35. The molecule has 0 spiro atoms. The second-order valence-electron chi connectivity index (χ2n) is 5.88. The van der Waals surface area contributed by atoms with Gasteiger partial charge in [-0.05, 0) is 43.9 Å². The molecular formula is C20H24FNO2. The van der Waals surface area contributed by atoms with Crippen LogP contribution in [-0.2, 0) is 11.2 Å². The lowest BCUT2D eigenvalue weighted by Crippen LogP contribution is -2.42.